The quantitative estimate of drug-likeness (QED) is 0.407. The zero-order valence-corrected chi connectivity index (χ0v) is 18.3. The summed E-state index contributed by atoms with van der Waals surface area (Å²) in [5, 5.41) is 11.1. The van der Waals surface area contributed by atoms with Crippen molar-refractivity contribution in [1.29, 1.82) is 0 Å². The number of hydrogen-bond acceptors (Lipinski definition) is 4. The van der Waals surface area contributed by atoms with Gasteiger partial charge in [0, 0.05) is 31.0 Å². The molecule has 0 aliphatic heterocycles. The summed E-state index contributed by atoms with van der Waals surface area (Å²) in [4.78, 5) is 30.9. The first-order valence-corrected chi connectivity index (χ1v) is 10.5. The standard InChI is InChI=1S/C24H28N6O2/c1-3-30(4-2)22-14-13-21(17-25-22)29-23(31)26-16-18-9-8-12-20(15-18)28-24(32)27-19-10-6-5-7-11-19/h5-15,17H,3-4,16H2,1-2H3,(H2,26,29,31)(H2,27,28,32). The van der Waals surface area contributed by atoms with Crippen molar-refractivity contribution in [3.63, 3.8) is 0 Å². The van der Waals surface area contributed by atoms with Gasteiger partial charge in [-0.25, -0.2) is 14.6 Å². The van der Waals surface area contributed by atoms with Crippen LogP contribution in [0, 0.1) is 0 Å². The fourth-order valence-electron chi connectivity index (χ4n) is 3.13. The Morgan fingerprint density at radius 1 is 0.781 bits per heavy atom. The number of carbonyl (C=O) groups excluding carboxylic acids is 2. The van der Waals surface area contributed by atoms with Gasteiger partial charge in [-0.05, 0) is 55.8 Å². The highest BCUT2D eigenvalue weighted by molar-refractivity contribution is 5.99. The topological polar surface area (TPSA) is 98.4 Å². The van der Waals surface area contributed by atoms with Gasteiger partial charge in [0.05, 0.1) is 11.9 Å². The van der Waals surface area contributed by atoms with Crippen molar-refractivity contribution in [2.45, 2.75) is 20.4 Å². The Balaban J connectivity index is 1.49. The van der Waals surface area contributed by atoms with Gasteiger partial charge in [0.25, 0.3) is 0 Å². The van der Waals surface area contributed by atoms with Crippen molar-refractivity contribution in [3.05, 3.63) is 78.5 Å². The molecular weight excluding hydrogens is 404 g/mol. The second kappa shape index (κ2) is 11.4. The summed E-state index contributed by atoms with van der Waals surface area (Å²) < 4.78 is 0. The predicted octanol–water partition coefficient (Wildman–Crippen LogP) is 4.89. The van der Waals surface area contributed by atoms with E-state index in [-0.39, 0.29) is 12.1 Å². The van der Waals surface area contributed by atoms with Gasteiger partial charge in [-0.1, -0.05) is 30.3 Å². The lowest BCUT2D eigenvalue weighted by Gasteiger charge is -2.19. The molecule has 0 saturated carbocycles. The highest BCUT2D eigenvalue weighted by atomic mass is 16.2. The number of nitrogens with zero attached hydrogens (tertiary/aromatic N) is 2. The second-order valence-electron chi connectivity index (χ2n) is 7.03. The Hall–Kier alpha value is -4.07. The molecule has 1 heterocycles. The first-order chi connectivity index (χ1) is 15.6. The smallest absolute Gasteiger partial charge is 0.323 e. The molecule has 0 bridgehead atoms. The minimum absolute atomic E-state index is 0.312. The summed E-state index contributed by atoms with van der Waals surface area (Å²) in [6.45, 7) is 6.21. The number of para-hydroxylation sites is 1. The lowest BCUT2D eigenvalue weighted by Crippen LogP contribution is -2.28. The van der Waals surface area contributed by atoms with Crippen LogP contribution in [-0.2, 0) is 6.54 Å². The fraction of sp³-hybridized carbons (Fsp3) is 0.208. The van der Waals surface area contributed by atoms with E-state index < -0.39 is 0 Å². The molecular formula is C24H28N6O2. The molecule has 1 aromatic heterocycles. The lowest BCUT2D eigenvalue weighted by atomic mass is 10.2. The van der Waals surface area contributed by atoms with Crippen LogP contribution in [0.4, 0.5) is 32.5 Å². The molecule has 4 N–H and O–H groups in total. The van der Waals surface area contributed by atoms with E-state index in [1.54, 1.807) is 12.3 Å². The molecule has 8 nitrogen and oxygen atoms in total. The Morgan fingerprint density at radius 2 is 1.47 bits per heavy atom. The number of carbonyl (C=O) groups is 2. The van der Waals surface area contributed by atoms with Crippen molar-refractivity contribution in [3.8, 4) is 0 Å². The summed E-state index contributed by atoms with van der Waals surface area (Å²) in [6.07, 6.45) is 1.64. The van der Waals surface area contributed by atoms with Gasteiger partial charge in [0.1, 0.15) is 5.82 Å². The van der Waals surface area contributed by atoms with E-state index in [0.717, 1.165) is 24.5 Å². The number of hydrogen-bond donors (Lipinski definition) is 4. The SMILES string of the molecule is CCN(CC)c1ccc(NC(=O)NCc2cccc(NC(=O)Nc3ccccc3)c2)cn1. The molecule has 0 spiro atoms. The van der Waals surface area contributed by atoms with Gasteiger partial charge in [-0.15, -0.1) is 0 Å². The summed E-state index contributed by atoms with van der Waals surface area (Å²) in [5.41, 5.74) is 2.81. The molecule has 0 unspecified atom stereocenters. The molecule has 32 heavy (non-hydrogen) atoms. The third-order valence-electron chi connectivity index (χ3n) is 4.76. The van der Waals surface area contributed by atoms with Crippen molar-refractivity contribution < 1.29 is 9.59 Å². The van der Waals surface area contributed by atoms with Crippen LogP contribution in [0.1, 0.15) is 19.4 Å². The Kier molecular flexibility index (Phi) is 8.02. The minimum Gasteiger partial charge on any atom is -0.357 e. The summed E-state index contributed by atoms with van der Waals surface area (Å²) in [6, 6.07) is 19.6. The van der Waals surface area contributed by atoms with Gasteiger partial charge in [0.15, 0.2) is 0 Å². The maximum Gasteiger partial charge on any atom is 0.323 e. The zero-order chi connectivity index (χ0) is 22.8. The van der Waals surface area contributed by atoms with E-state index in [2.05, 4.69) is 45.0 Å². The summed E-state index contributed by atoms with van der Waals surface area (Å²) >= 11 is 0. The number of anilines is 4. The third-order valence-corrected chi connectivity index (χ3v) is 4.76. The zero-order valence-electron chi connectivity index (χ0n) is 18.3. The maximum atomic E-state index is 12.2. The highest BCUT2D eigenvalue weighted by Gasteiger charge is 2.07. The lowest BCUT2D eigenvalue weighted by molar-refractivity contribution is 0.251. The van der Waals surface area contributed by atoms with Crippen molar-refractivity contribution in [1.82, 2.24) is 10.3 Å². The Labute approximate surface area is 188 Å². The number of urea groups is 2. The van der Waals surface area contributed by atoms with E-state index >= 15 is 0 Å². The van der Waals surface area contributed by atoms with Crippen LogP contribution in [0.15, 0.2) is 72.9 Å². The van der Waals surface area contributed by atoms with E-state index in [4.69, 9.17) is 0 Å². The molecule has 2 aromatic carbocycles. The Bertz CT molecular complexity index is 1020. The molecule has 4 amide bonds. The number of amides is 4. The van der Waals surface area contributed by atoms with E-state index in [9.17, 15) is 9.59 Å². The first kappa shape index (κ1) is 22.6. The van der Waals surface area contributed by atoms with E-state index in [0.29, 0.717) is 23.6 Å². The molecule has 0 saturated heterocycles. The van der Waals surface area contributed by atoms with E-state index in [1.807, 2.05) is 60.7 Å². The van der Waals surface area contributed by atoms with Crippen LogP contribution < -0.4 is 26.2 Å². The normalized spacial score (nSPS) is 10.2. The van der Waals surface area contributed by atoms with Crippen molar-refractivity contribution in [2.75, 3.05) is 33.9 Å². The number of pyridine rings is 1. The van der Waals surface area contributed by atoms with Crippen LogP contribution in [0.3, 0.4) is 0 Å². The summed E-state index contributed by atoms with van der Waals surface area (Å²) in [5.74, 6) is 0.876. The molecule has 166 valence electrons. The number of rotatable bonds is 8. The minimum atomic E-state index is -0.334. The van der Waals surface area contributed by atoms with Crippen LogP contribution in [0.5, 0.6) is 0 Å². The average Bonchev–Trinajstić information content (AvgIpc) is 2.80. The van der Waals surface area contributed by atoms with Crippen molar-refractivity contribution in [2.24, 2.45) is 0 Å². The second-order valence-corrected chi connectivity index (χ2v) is 7.03. The van der Waals surface area contributed by atoms with Crippen LogP contribution >= 0.6 is 0 Å². The molecule has 0 aliphatic carbocycles. The molecule has 3 rings (SSSR count). The highest BCUT2D eigenvalue weighted by Crippen LogP contribution is 2.14. The van der Waals surface area contributed by atoms with Gasteiger partial charge < -0.3 is 26.2 Å². The maximum absolute atomic E-state index is 12.2. The van der Waals surface area contributed by atoms with Gasteiger partial charge in [-0.3, -0.25) is 0 Å². The largest absolute Gasteiger partial charge is 0.357 e. The number of benzene rings is 2. The molecule has 8 heteroatoms. The van der Waals surface area contributed by atoms with Crippen LogP contribution in [-0.4, -0.2) is 30.1 Å². The summed E-state index contributed by atoms with van der Waals surface area (Å²) in [7, 11) is 0. The third kappa shape index (κ3) is 6.73. The van der Waals surface area contributed by atoms with Gasteiger partial charge >= 0.3 is 12.1 Å². The van der Waals surface area contributed by atoms with Crippen LogP contribution in [0.25, 0.3) is 0 Å². The number of nitrogens with one attached hydrogen (secondary N) is 4. The van der Waals surface area contributed by atoms with Crippen LogP contribution in [0.2, 0.25) is 0 Å². The first-order valence-electron chi connectivity index (χ1n) is 10.5. The average molecular weight is 433 g/mol. The van der Waals surface area contributed by atoms with Gasteiger partial charge in [0.2, 0.25) is 0 Å². The van der Waals surface area contributed by atoms with Gasteiger partial charge in [-0.2, -0.15) is 0 Å². The monoisotopic (exact) mass is 432 g/mol. The number of aromatic nitrogens is 1. The fourth-order valence-corrected chi connectivity index (χ4v) is 3.13. The Morgan fingerprint density at radius 3 is 2.16 bits per heavy atom. The molecule has 3 aromatic rings. The predicted molar refractivity (Wildman–Crippen MR) is 129 cm³/mol. The molecule has 0 aliphatic rings. The van der Waals surface area contributed by atoms with Crippen molar-refractivity contribution >= 4 is 34.9 Å². The molecule has 0 radical (unpaired) electrons. The molecule has 0 atom stereocenters. The molecule has 0 fully saturated rings. The van der Waals surface area contributed by atoms with E-state index in [1.165, 1.54) is 0 Å².